The van der Waals surface area contributed by atoms with Crippen molar-refractivity contribution in [1.29, 1.82) is 0 Å². The van der Waals surface area contributed by atoms with E-state index in [2.05, 4.69) is 5.32 Å². The molecule has 6 heteroatoms. The summed E-state index contributed by atoms with van der Waals surface area (Å²) in [5, 5.41) is 3.00. The topological polar surface area (TPSA) is 64.6 Å². The van der Waals surface area contributed by atoms with Crippen molar-refractivity contribution in [3.63, 3.8) is 0 Å². The van der Waals surface area contributed by atoms with Crippen molar-refractivity contribution in [1.82, 2.24) is 5.32 Å². The minimum atomic E-state index is -0.239. The lowest BCUT2D eigenvalue weighted by Crippen LogP contribution is -2.35. The summed E-state index contributed by atoms with van der Waals surface area (Å²) in [6, 6.07) is 3.04. The number of hydrogen-bond acceptors (Lipinski definition) is 4. The number of amides is 1. The quantitative estimate of drug-likeness (QED) is 0.786. The Kier molecular flexibility index (Phi) is 6.31. The first-order valence-electron chi connectivity index (χ1n) is 6.26. The molecule has 20 heavy (non-hydrogen) atoms. The number of methoxy groups -OCH3 is 1. The molecular weight excluding hydrogens is 282 g/mol. The van der Waals surface area contributed by atoms with Crippen LogP contribution in [-0.2, 0) is 4.79 Å². The molecule has 5 nitrogen and oxygen atoms in total. The fourth-order valence-corrected chi connectivity index (χ4v) is 1.78. The third kappa shape index (κ3) is 4.42. The summed E-state index contributed by atoms with van der Waals surface area (Å²) in [4.78, 5) is 22.4. The van der Waals surface area contributed by atoms with Crippen LogP contribution in [0.3, 0.4) is 0 Å². The standard InChI is InChI=1S/C14H18ClNO4/c1-4-9(2)16-13(18)8-20-14-11(15)5-10(7-17)6-12(14)19-3/h5-7,9H,4,8H2,1-3H3,(H,16,18). The molecule has 0 aliphatic rings. The van der Waals surface area contributed by atoms with Gasteiger partial charge in [-0.15, -0.1) is 0 Å². The van der Waals surface area contributed by atoms with Crippen LogP contribution in [0.25, 0.3) is 0 Å². The number of hydrogen-bond donors (Lipinski definition) is 1. The van der Waals surface area contributed by atoms with E-state index >= 15 is 0 Å². The molecule has 0 saturated heterocycles. The summed E-state index contributed by atoms with van der Waals surface area (Å²) in [6.07, 6.45) is 1.50. The van der Waals surface area contributed by atoms with Crippen molar-refractivity contribution in [3.05, 3.63) is 22.7 Å². The highest BCUT2D eigenvalue weighted by Gasteiger charge is 2.14. The van der Waals surface area contributed by atoms with E-state index in [0.717, 1.165) is 6.42 Å². The van der Waals surface area contributed by atoms with Gasteiger partial charge in [0.15, 0.2) is 18.1 Å². The number of carbonyl (C=O) groups excluding carboxylic acids is 2. The molecule has 0 fully saturated rings. The third-order valence-electron chi connectivity index (χ3n) is 2.76. The fourth-order valence-electron chi connectivity index (χ4n) is 1.50. The van der Waals surface area contributed by atoms with Gasteiger partial charge in [-0.2, -0.15) is 0 Å². The third-order valence-corrected chi connectivity index (χ3v) is 3.04. The van der Waals surface area contributed by atoms with E-state index < -0.39 is 0 Å². The Morgan fingerprint density at radius 2 is 2.20 bits per heavy atom. The van der Waals surface area contributed by atoms with Gasteiger partial charge in [0, 0.05) is 11.6 Å². The van der Waals surface area contributed by atoms with E-state index in [4.69, 9.17) is 21.1 Å². The summed E-state index contributed by atoms with van der Waals surface area (Å²) in [7, 11) is 1.44. The number of benzene rings is 1. The molecule has 0 spiro atoms. The summed E-state index contributed by atoms with van der Waals surface area (Å²) in [6.45, 7) is 3.72. The second-order valence-corrected chi connectivity index (χ2v) is 4.72. The largest absolute Gasteiger partial charge is 0.493 e. The molecule has 1 aromatic rings. The first kappa shape index (κ1) is 16.3. The number of rotatable bonds is 7. The highest BCUT2D eigenvalue weighted by molar-refractivity contribution is 6.32. The van der Waals surface area contributed by atoms with E-state index in [0.29, 0.717) is 17.6 Å². The predicted octanol–water partition coefficient (Wildman–Crippen LogP) is 2.45. The van der Waals surface area contributed by atoms with Crippen molar-refractivity contribution >= 4 is 23.8 Å². The van der Waals surface area contributed by atoms with Crippen molar-refractivity contribution in [2.24, 2.45) is 0 Å². The summed E-state index contributed by atoms with van der Waals surface area (Å²) in [5.41, 5.74) is 0.378. The normalized spacial score (nSPS) is 11.6. The SMILES string of the molecule is CCC(C)NC(=O)COc1c(Cl)cc(C=O)cc1OC. The van der Waals surface area contributed by atoms with Crippen LogP contribution in [-0.4, -0.2) is 32.0 Å². The van der Waals surface area contributed by atoms with Crippen LogP contribution in [0.4, 0.5) is 0 Å². The zero-order valence-corrected chi connectivity index (χ0v) is 12.5. The van der Waals surface area contributed by atoms with Gasteiger partial charge in [0.25, 0.3) is 5.91 Å². The molecule has 1 aromatic carbocycles. The van der Waals surface area contributed by atoms with Gasteiger partial charge in [-0.05, 0) is 25.5 Å². The average molecular weight is 300 g/mol. The molecule has 0 aliphatic carbocycles. The number of aldehydes is 1. The van der Waals surface area contributed by atoms with E-state index in [-0.39, 0.29) is 29.3 Å². The predicted molar refractivity (Wildman–Crippen MR) is 76.8 cm³/mol. The second kappa shape index (κ2) is 7.75. The Balaban J connectivity index is 2.77. The van der Waals surface area contributed by atoms with E-state index in [1.165, 1.54) is 19.2 Å². The van der Waals surface area contributed by atoms with Gasteiger partial charge in [0.05, 0.1) is 12.1 Å². The van der Waals surface area contributed by atoms with E-state index in [1.54, 1.807) is 0 Å². The van der Waals surface area contributed by atoms with Crippen LogP contribution in [0.2, 0.25) is 5.02 Å². The second-order valence-electron chi connectivity index (χ2n) is 4.32. The zero-order valence-electron chi connectivity index (χ0n) is 11.7. The van der Waals surface area contributed by atoms with Crippen molar-refractivity contribution < 1.29 is 19.1 Å². The van der Waals surface area contributed by atoms with Gasteiger partial charge in [0.1, 0.15) is 6.29 Å². The molecule has 1 unspecified atom stereocenters. The van der Waals surface area contributed by atoms with Crippen LogP contribution in [0.1, 0.15) is 30.6 Å². The van der Waals surface area contributed by atoms with Crippen molar-refractivity contribution in [2.75, 3.05) is 13.7 Å². The van der Waals surface area contributed by atoms with Gasteiger partial charge in [0.2, 0.25) is 0 Å². The minimum Gasteiger partial charge on any atom is -0.493 e. The minimum absolute atomic E-state index is 0.0842. The van der Waals surface area contributed by atoms with Crippen LogP contribution >= 0.6 is 11.6 Å². The van der Waals surface area contributed by atoms with Gasteiger partial charge < -0.3 is 14.8 Å². The van der Waals surface area contributed by atoms with Crippen LogP contribution in [0, 0.1) is 0 Å². The Morgan fingerprint density at radius 1 is 1.50 bits per heavy atom. The maximum Gasteiger partial charge on any atom is 0.258 e. The summed E-state index contributed by atoms with van der Waals surface area (Å²) < 4.78 is 10.5. The fraction of sp³-hybridized carbons (Fsp3) is 0.429. The van der Waals surface area contributed by atoms with Gasteiger partial charge >= 0.3 is 0 Å². The monoisotopic (exact) mass is 299 g/mol. The molecule has 1 atom stereocenters. The number of halogens is 1. The van der Waals surface area contributed by atoms with E-state index in [9.17, 15) is 9.59 Å². The highest BCUT2D eigenvalue weighted by atomic mass is 35.5. The molecule has 110 valence electrons. The lowest BCUT2D eigenvalue weighted by Gasteiger charge is -2.14. The lowest BCUT2D eigenvalue weighted by molar-refractivity contribution is -0.123. The Hall–Kier alpha value is -1.75. The van der Waals surface area contributed by atoms with Crippen molar-refractivity contribution in [3.8, 4) is 11.5 Å². The molecule has 0 heterocycles. The smallest absolute Gasteiger partial charge is 0.258 e. The molecule has 1 N–H and O–H groups in total. The molecule has 1 rings (SSSR count). The Bertz CT molecular complexity index is 490. The van der Waals surface area contributed by atoms with Gasteiger partial charge in [-0.3, -0.25) is 9.59 Å². The first-order valence-corrected chi connectivity index (χ1v) is 6.64. The maximum absolute atomic E-state index is 11.6. The summed E-state index contributed by atoms with van der Waals surface area (Å²) in [5.74, 6) is 0.326. The number of carbonyl (C=O) groups is 2. The molecular formula is C14H18ClNO4. The van der Waals surface area contributed by atoms with Gasteiger partial charge in [-0.1, -0.05) is 18.5 Å². The van der Waals surface area contributed by atoms with E-state index in [1.807, 2.05) is 13.8 Å². The average Bonchev–Trinajstić information content (AvgIpc) is 2.44. The van der Waals surface area contributed by atoms with Crippen LogP contribution in [0.15, 0.2) is 12.1 Å². The number of ether oxygens (including phenoxy) is 2. The molecule has 0 aliphatic heterocycles. The molecule has 0 radical (unpaired) electrons. The van der Waals surface area contributed by atoms with Gasteiger partial charge in [-0.25, -0.2) is 0 Å². The first-order chi connectivity index (χ1) is 9.51. The lowest BCUT2D eigenvalue weighted by atomic mass is 10.2. The van der Waals surface area contributed by atoms with Crippen LogP contribution < -0.4 is 14.8 Å². The highest BCUT2D eigenvalue weighted by Crippen LogP contribution is 2.35. The Morgan fingerprint density at radius 3 is 2.75 bits per heavy atom. The number of nitrogens with one attached hydrogen (secondary N) is 1. The molecule has 0 saturated carbocycles. The zero-order chi connectivity index (χ0) is 15.1. The Labute approximate surface area is 123 Å². The summed E-state index contributed by atoms with van der Waals surface area (Å²) >= 11 is 6.01. The van der Waals surface area contributed by atoms with Crippen molar-refractivity contribution in [2.45, 2.75) is 26.3 Å². The molecule has 0 bridgehead atoms. The maximum atomic E-state index is 11.6. The molecule has 0 aromatic heterocycles. The van der Waals surface area contributed by atoms with Crippen LogP contribution in [0.5, 0.6) is 11.5 Å². The molecule has 1 amide bonds.